The van der Waals surface area contributed by atoms with Crippen LogP contribution in [0.15, 0.2) is 18.2 Å². The Morgan fingerprint density at radius 1 is 1.32 bits per heavy atom. The van der Waals surface area contributed by atoms with Gasteiger partial charge in [0, 0.05) is 12.5 Å². The molecule has 2 nitrogen and oxygen atoms in total. The zero-order valence-corrected chi connectivity index (χ0v) is 10.6. The van der Waals surface area contributed by atoms with Crippen molar-refractivity contribution in [3.63, 3.8) is 0 Å². The Morgan fingerprint density at radius 2 is 2.00 bits per heavy atom. The summed E-state index contributed by atoms with van der Waals surface area (Å²) >= 11 is 0. The second kappa shape index (κ2) is 6.75. The minimum absolute atomic E-state index is 0.0319. The highest BCUT2D eigenvalue weighted by Crippen LogP contribution is 2.23. The molecule has 1 rings (SSSR count). The van der Waals surface area contributed by atoms with Crippen LogP contribution in [0.5, 0.6) is 5.75 Å². The van der Waals surface area contributed by atoms with Gasteiger partial charge in [-0.1, -0.05) is 6.07 Å². The molecule has 6 heteroatoms. The minimum Gasteiger partial charge on any atom is -0.491 e. The molecular formula is C13H17F4NO. The zero-order valence-electron chi connectivity index (χ0n) is 10.6. The van der Waals surface area contributed by atoms with Crippen LogP contribution in [-0.4, -0.2) is 18.8 Å². The van der Waals surface area contributed by atoms with Gasteiger partial charge in [0.2, 0.25) is 0 Å². The van der Waals surface area contributed by atoms with E-state index in [1.807, 2.05) is 0 Å². The monoisotopic (exact) mass is 279 g/mol. The molecule has 0 aliphatic heterocycles. The van der Waals surface area contributed by atoms with Crippen LogP contribution in [0.2, 0.25) is 0 Å². The first kappa shape index (κ1) is 15.8. The fraction of sp³-hybridized carbons (Fsp3) is 0.538. The van der Waals surface area contributed by atoms with E-state index in [4.69, 9.17) is 10.5 Å². The maximum Gasteiger partial charge on any atom is 0.389 e. The van der Waals surface area contributed by atoms with E-state index >= 15 is 0 Å². The maximum atomic E-state index is 13.6. The topological polar surface area (TPSA) is 35.2 Å². The molecule has 0 spiro atoms. The number of halogens is 4. The van der Waals surface area contributed by atoms with E-state index in [9.17, 15) is 17.6 Å². The van der Waals surface area contributed by atoms with Crippen molar-refractivity contribution in [3.05, 3.63) is 29.6 Å². The highest BCUT2D eigenvalue weighted by molar-refractivity contribution is 5.29. The predicted octanol–water partition coefficient (Wildman–Crippen LogP) is 3.44. The van der Waals surface area contributed by atoms with E-state index in [1.165, 1.54) is 12.1 Å². The van der Waals surface area contributed by atoms with Crippen LogP contribution >= 0.6 is 0 Å². The fourth-order valence-electron chi connectivity index (χ4n) is 1.61. The lowest BCUT2D eigenvalue weighted by atomic mass is 10.1. The average molecular weight is 279 g/mol. The van der Waals surface area contributed by atoms with Crippen LogP contribution in [0.4, 0.5) is 17.6 Å². The Balaban J connectivity index is 2.46. The Hall–Kier alpha value is -1.30. The van der Waals surface area contributed by atoms with E-state index in [2.05, 4.69) is 0 Å². The summed E-state index contributed by atoms with van der Waals surface area (Å²) in [7, 11) is 0. The van der Waals surface area contributed by atoms with Gasteiger partial charge in [-0.25, -0.2) is 4.39 Å². The van der Waals surface area contributed by atoms with Gasteiger partial charge in [-0.15, -0.1) is 0 Å². The molecule has 19 heavy (non-hydrogen) atoms. The SMILES string of the molecule is CC(N)Cc1ccc(OCCCC(F)(F)F)c(F)c1. The summed E-state index contributed by atoms with van der Waals surface area (Å²) in [4.78, 5) is 0. The summed E-state index contributed by atoms with van der Waals surface area (Å²) in [6, 6.07) is 4.28. The van der Waals surface area contributed by atoms with Gasteiger partial charge in [-0.05, 0) is 37.5 Å². The molecule has 0 heterocycles. The molecule has 0 aromatic heterocycles. The van der Waals surface area contributed by atoms with Crippen LogP contribution in [0.25, 0.3) is 0 Å². The smallest absolute Gasteiger partial charge is 0.389 e. The van der Waals surface area contributed by atoms with Gasteiger partial charge in [0.25, 0.3) is 0 Å². The van der Waals surface area contributed by atoms with Crippen molar-refractivity contribution in [2.45, 2.75) is 38.4 Å². The summed E-state index contributed by atoms with van der Waals surface area (Å²) in [5.74, 6) is -0.610. The Bertz CT molecular complexity index is 404. The number of alkyl halides is 3. The van der Waals surface area contributed by atoms with Crippen molar-refractivity contribution in [2.24, 2.45) is 5.73 Å². The third kappa shape index (κ3) is 6.42. The van der Waals surface area contributed by atoms with Crippen molar-refractivity contribution in [2.75, 3.05) is 6.61 Å². The van der Waals surface area contributed by atoms with E-state index in [0.717, 1.165) is 5.56 Å². The first-order valence-electron chi connectivity index (χ1n) is 6.01. The first-order chi connectivity index (χ1) is 8.78. The lowest BCUT2D eigenvalue weighted by Gasteiger charge is -2.10. The lowest BCUT2D eigenvalue weighted by molar-refractivity contribution is -0.136. The molecule has 0 aliphatic carbocycles. The van der Waals surface area contributed by atoms with Gasteiger partial charge < -0.3 is 10.5 Å². The summed E-state index contributed by atoms with van der Waals surface area (Å²) in [6.45, 7) is 1.64. The van der Waals surface area contributed by atoms with E-state index in [1.54, 1.807) is 13.0 Å². The highest BCUT2D eigenvalue weighted by atomic mass is 19.4. The molecule has 2 N–H and O–H groups in total. The van der Waals surface area contributed by atoms with Crippen LogP contribution in [0.1, 0.15) is 25.3 Å². The molecule has 1 aromatic rings. The number of hydrogen-bond acceptors (Lipinski definition) is 2. The Kier molecular flexibility index (Phi) is 5.60. The number of hydrogen-bond donors (Lipinski definition) is 1. The van der Waals surface area contributed by atoms with E-state index < -0.39 is 18.4 Å². The largest absolute Gasteiger partial charge is 0.491 e. The second-order valence-electron chi connectivity index (χ2n) is 4.51. The normalized spacial score (nSPS) is 13.4. The molecule has 1 atom stereocenters. The van der Waals surface area contributed by atoms with Crippen molar-refractivity contribution in [1.82, 2.24) is 0 Å². The molecule has 108 valence electrons. The molecule has 0 amide bonds. The highest BCUT2D eigenvalue weighted by Gasteiger charge is 2.26. The van der Waals surface area contributed by atoms with Gasteiger partial charge in [0.15, 0.2) is 11.6 Å². The molecular weight excluding hydrogens is 262 g/mol. The van der Waals surface area contributed by atoms with Crippen LogP contribution in [0.3, 0.4) is 0 Å². The first-order valence-corrected chi connectivity index (χ1v) is 6.01. The molecule has 0 fully saturated rings. The van der Waals surface area contributed by atoms with Gasteiger partial charge in [0.05, 0.1) is 6.61 Å². The number of ether oxygens (including phenoxy) is 1. The molecule has 1 unspecified atom stereocenters. The number of nitrogens with two attached hydrogens (primary N) is 1. The lowest BCUT2D eigenvalue weighted by Crippen LogP contribution is -2.17. The van der Waals surface area contributed by atoms with Crippen molar-refractivity contribution in [1.29, 1.82) is 0 Å². The Morgan fingerprint density at radius 3 is 2.53 bits per heavy atom. The second-order valence-corrected chi connectivity index (χ2v) is 4.51. The summed E-state index contributed by atoms with van der Waals surface area (Å²) in [5, 5.41) is 0. The fourth-order valence-corrected chi connectivity index (χ4v) is 1.61. The number of benzene rings is 1. The molecule has 0 bridgehead atoms. The quantitative estimate of drug-likeness (QED) is 0.639. The molecule has 0 saturated carbocycles. The maximum absolute atomic E-state index is 13.6. The van der Waals surface area contributed by atoms with Gasteiger partial charge in [0.1, 0.15) is 0 Å². The van der Waals surface area contributed by atoms with Gasteiger partial charge >= 0.3 is 6.18 Å². The summed E-state index contributed by atoms with van der Waals surface area (Å²) < 4.78 is 54.2. The van der Waals surface area contributed by atoms with E-state index in [-0.39, 0.29) is 24.8 Å². The predicted molar refractivity (Wildman–Crippen MR) is 64.5 cm³/mol. The molecule has 0 saturated heterocycles. The van der Waals surface area contributed by atoms with Gasteiger partial charge in [-0.2, -0.15) is 13.2 Å². The van der Waals surface area contributed by atoms with Crippen LogP contribution in [0, 0.1) is 5.82 Å². The average Bonchev–Trinajstić information content (AvgIpc) is 2.24. The minimum atomic E-state index is -4.21. The van der Waals surface area contributed by atoms with Crippen LogP contribution in [-0.2, 0) is 6.42 Å². The van der Waals surface area contributed by atoms with Gasteiger partial charge in [-0.3, -0.25) is 0 Å². The van der Waals surface area contributed by atoms with Crippen LogP contribution < -0.4 is 10.5 Å². The van der Waals surface area contributed by atoms with Crippen molar-refractivity contribution < 1.29 is 22.3 Å². The number of rotatable bonds is 6. The van der Waals surface area contributed by atoms with E-state index in [0.29, 0.717) is 6.42 Å². The standard InChI is InChI=1S/C13H17F4NO/c1-9(18)7-10-3-4-12(11(14)8-10)19-6-2-5-13(15,16)17/h3-4,8-9H,2,5-7,18H2,1H3. The summed E-state index contributed by atoms with van der Waals surface area (Å²) in [5.41, 5.74) is 6.32. The van der Waals surface area contributed by atoms with Crippen molar-refractivity contribution >= 4 is 0 Å². The molecule has 1 aromatic carbocycles. The Labute approximate surface area is 109 Å². The van der Waals surface area contributed by atoms with Crippen molar-refractivity contribution in [3.8, 4) is 5.75 Å². The zero-order chi connectivity index (χ0) is 14.5. The third-order valence-corrected chi connectivity index (χ3v) is 2.42. The molecule has 0 radical (unpaired) electrons. The summed E-state index contributed by atoms with van der Waals surface area (Å²) in [6.07, 6.45) is -4.80. The molecule has 0 aliphatic rings. The third-order valence-electron chi connectivity index (χ3n) is 2.42.